The molecule has 0 fully saturated rings. The third-order valence-corrected chi connectivity index (χ3v) is 4.69. The van der Waals surface area contributed by atoms with E-state index in [1.54, 1.807) is 72.8 Å². The zero-order chi connectivity index (χ0) is 22.5. The second-order valence-corrected chi connectivity index (χ2v) is 6.80. The Kier molecular flexibility index (Phi) is 5.94. The highest BCUT2D eigenvalue weighted by Crippen LogP contribution is 2.18. The molecule has 32 heavy (non-hydrogen) atoms. The average molecular weight is 429 g/mol. The van der Waals surface area contributed by atoms with Gasteiger partial charge in [0.2, 0.25) is 0 Å². The first-order valence-electron chi connectivity index (χ1n) is 9.75. The number of aromatic nitrogens is 2. The van der Waals surface area contributed by atoms with Gasteiger partial charge in [-0.05, 0) is 30.3 Å². The molecule has 3 aromatic carbocycles. The number of esters is 1. The number of amides is 1. The van der Waals surface area contributed by atoms with Gasteiger partial charge in [-0.2, -0.15) is 9.78 Å². The monoisotopic (exact) mass is 429 g/mol. The number of para-hydroxylation sites is 1. The molecule has 0 aliphatic rings. The van der Waals surface area contributed by atoms with E-state index in [2.05, 4.69) is 10.4 Å². The van der Waals surface area contributed by atoms with Gasteiger partial charge in [-0.1, -0.05) is 42.5 Å². The Bertz CT molecular complexity index is 1350. The van der Waals surface area contributed by atoms with Crippen LogP contribution in [-0.2, 0) is 9.53 Å². The molecule has 1 amide bonds. The predicted molar refractivity (Wildman–Crippen MR) is 119 cm³/mol. The molecule has 0 saturated carbocycles. The summed E-state index contributed by atoms with van der Waals surface area (Å²) >= 11 is 0. The minimum absolute atomic E-state index is 0.0572. The van der Waals surface area contributed by atoms with Crippen molar-refractivity contribution in [1.82, 2.24) is 9.78 Å². The standard InChI is InChI=1S/C24H19N3O5/c1-31-18-11-7-8-16(14-18)25-21(28)15-32-24(30)22-19-12-5-6-13-20(19)23(29)27(26-22)17-9-3-2-4-10-17/h2-14H,15H2,1H3,(H,25,28). The molecule has 0 spiro atoms. The van der Waals surface area contributed by atoms with Crippen molar-refractivity contribution in [2.75, 3.05) is 19.0 Å². The lowest BCUT2D eigenvalue weighted by Gasteiger charge is -2.11. The largest absolute Gasteiger partial charge is 0.497 e. The van der Waals surface area contributed by atoms with Crippen molar-refractivity contribution in [2.45, 2.75) is 0 Å². The Morgan fingerprint density at radius 1 is 0.938 bits per heavy atom. The molecular formula is C24H19N3O5. The van der Waals surface area contributed by atoms with Crippen molar-refractivity contribution < 1.29 is 19.1 Å². The number of benzene rings is 3. The molecule has 4 rings (SSSR count). The second-order valence-electron chi connectivity index (χ2n) is 6.80. The molecule has 1 N–H and O–H groups in total. The maximum absolute atomic E-state index is 12.9. The molecule has 4 aromatic rings. The summed E-state index contributed by atoms with van der Waals surface area (Å²) in [6.07, 6.45) is 0. The molecule has 0 aliphatic carbocycles. The van der Waals surface area contributed by atoms with E-state index in [9.17, 15) is 14.4 Å². The summed E-state index contributed by atoms with van der Waals surface area (Å²) in [5, 5.41) is 7.54. The number of methoxy groups -OCH3 is 1. The summed E-state index contributed by atoms with van der Waals surface area (Å²) in [6.45, 7) is -0.517. The van der Waals surface area contributed by atoms with Crippen LogP contribution >= 0.6 is 0 Å². The van der Waals surface area contributed by atoms with Gasteiger partial charge in [-0.25, -0.2) is 4.79 Å². The molecule has 0 aliphatic heterocycles. The lowest BCUT2D eigenvalue weighted by Crippen LogP contribution is -2.26. The van der Waals surface area contributed by atoms with Gasteiger partial charge in [-0.15, -0.1) is 0 Å². The molecule has 8 nitrogen and oxygen atoms in total. The van der Waals surface area contributed by atoms with E-state index in [1.807, 2.05) is 6.07 Å². The number of carbonyl (C=O) groups excluding carboxylic acids is 2. The zero-order valence-electron chi connectivity index (χ0n) is 17.1. The smallest absolute Gasteiger partial charge is 0.359 e. The summed E-state index contributed by atoms with van der Waals surface area (Å²) in [7, 11) is 1.52. The number of fused-ring (bicyclic) bond motifs is 1. The number of nitrogens with zero attached hydrogens (tertiary/aromatic N) is 2. The average Bonchev–Trinajstić information content (AvgIpc) is 2.83. The number of ether oxygens (including phenoxy) is 2. The second kappa shape index (κ2) is 9.13. The number of anilines is 1. The van der Waals surface area contributed by atoms with E-state index in [-0.39, 0.29) is 11.3 Å². The van der Waals surface area contributed by atoms with Gasteiger partial charge in [0.15, 0.2) is 12.3 Å². The molecule has 160 valence electrons. The van der Waals surface area contributed by atoms with E-state index in [4.69, 9.17) is 9.47 Å². The van der Waals surface area contributed by atoms with Gasteiger partial charge in [0.1, 0.15) is 5.75 Å². The third kappa shape index (κ3) is 4.34. The number of hydrogen-bond donors (Lipinski definition) is 1. The number of rotatable bonds is 6. The van der Waals surface area contributed by atoms with E-state index >= 15 is 0 Å². The van der Waals surface area contributed by atoms with E-state index in [0.29, 0.717) is 27.9 Å². The fourth-order valence-electron chi connectivity index (χ4n) is 3.18. The Morgan fingerprint density at radius 3 is 2.41 bits per heavy atom. The zero-order valence-corrected chi connectivity index (χ0v) is 17.1. The van der Waals surface area contributed by atoms with Crippen LogP contribution in [0.1, 0.15) is 10.5 Å². The van der Waals surface area contributed by atoms with Crippen LogP contribution in [0.3, 0.4) is 0 Å². The highest BCUT2D eigenvalue weighted by atomic mass is 16.5. The summed E-state index contributed by atoms with van der Waals surface area (Å²) < 4.78 is 11.5. The number of hydrogen-bond acceptors (Lipinski definition) is 6. The number of carbonyl (C=O) groups is 2. The lowest BCUT2D eigenvalue weighted by molar-refractivity contribution is -0.119. The first kappa shape index (κ1) is 20.8. The van der Waals surface area contributed by atoms with Crippen molar-refractivity contribution in [1.29, 1.82) is 0 Å². The molecule has 0 saturated heterocycles. The molecule has 0 radical (unpaired) electrons. The minimum atomic E-state index is -0.813. The van der Waals surface area contributed by atoms with Gasteiger partial charge in [0, 0.05) is 17.1 Å². The van der Waals surface area contributed by atoms with Crippen LogP contribution in [0.4, 0.5) is 5.69 Å². The summed E-state index contributed by atoms with van der Waals surface area (Å²) in [4.78, 5) is 38.0. The van der Waals surface area contributed by atoms with Crippen LogP contribution in [-0.4, -0.2) is 35.4 Å². The van der Waals surface area contributed by atoms with Gasteiger partial charge < -0.3 is 14.8 Å². The first-order valence-corrected chi connectivity index (χ1v) is 9.75. The summed E-state index contributed by atoms with van der Waals surface area (Å²) in [6, 6.07) is 22.2. The SMILES string of the molecule is COc1cccc(NC(=O)COC(=O)c2nn(-c3ccccc3)c(=O)c3ccccc23)c1. The minimum Gasteiger partial charge on any atom is -0.497 e. The Morgan fingerprint density at radius 2 is 1.66 bits per heavy atom. The maximum Gasteiger partial charge on any atom is 0.359 e. The van der Waals surface area contributed by atoms with Gasteiger partial charge in [0.05, 0.1) is 18.2 Å². The highest BCUT2D eigenvalue weighted by Gasteiger charge is 2.19. The van der Waals surface area contributed by atoms with Crippen molar-refractivity contribution in [3.8, 4) is 11.4 Å². The van der Waals surface area contributed by atoms with Gasteiger partial charge >= 0.3 is 5.97 Å². The topological polar surface area (TPSA) is 99.5 Å². The third-order valence-electron chi connectivity index (χ3n) is 4.69. The highest BCUT2D eigenvalue weighted by molar-refractivity contribution is 6.03. The van der Waals surface area contributed by atoms with Gasteiger partial charge in [-0.3, -0.25) is 9.59 Å². The maximum atomic E-state index is 12.9. The molecule has 0 unspecified atom stereocenters. The Hall–Kier alpha value is -4.46. The Labute approximate surface area is 183 Å². The molecular weight excluding hydrogens is 410 g/mol. The van der Waals surface area contributed by atoms with Crippen LogP contribution in [0.15, 0.2) is 83.7 Å². The molecule has 0 atom stereocenters. The van der Waals surface area contributed by atoms with Crippen molar-refractivity contribution in [2.24, 2.45) is 0 Å². The summed E-state index contributed by atoms with van der Waals surface area (Å²) in [5.41, 5.74) is 0.594. The molecule has 1 aromatic heterocycles. The van der Waals surface area contributed by atoms with Crippen LogP contribution in [0.25, 0.3) is 16.5 Å². The van der Waals surface area contributed by atoms with Crippen molar-refractivity contribution in [3.63, 3.8) is 0 Å². The molecule has 0 bridgehead atoms. The molecule has 1 heterocycles. The lowest BCUT2D eigenvalue weighted by atomic mass is 10.1. The van der Waals surface area contributed by atoms with Crippen LogP contribution in [0, 0.1) is 0 Å². The number of nitrogens with one attached hydrogen (secondary N) is 1. The Balaban J connectivity index is 1.58. The quantitative estimate of drug-likeness (QED) is 0.473. The van der Waals surface area contributed by atoms with E-state index in [0.717, 1.165) is 4.68 Å². The fourth-order valence-corrected chi connectivity index (χ4v) is 3.18. The fraction of sp³-hybridized carbons (Fsp3) is 0.0833. The molecule has 8 heteroatoms. The summed E-state index contributed by atoms with van der Waals surface area (Å²) in [5.74, 6) is -0.752. The first-order chi connectivity index (χ1) is 15.6. The van der Waals surface area contributed by atoms with E-state index in [1.165, 1.54) is 7.11 Å². The normalized spacial score (nSPS) is 10.5. The van der Waals surface area contributed by atoms with Crippen molar-refractivity contribution in [3.05, 3.63) is 94.9 Å². The van der Waals surface area contributed by atoms with Gasteiger partial charge in [0.25, 0.3) is 11.5 Å². The predicted octanol–water partition coefficient (Wildman–Crippen LogP) is 3.19. The van der Waals surface area contributed by atoms with Crippen LogP contribution < -0.4 is 15.6 Å². The van der Waals surface area contributed by atoms with Crippen molar-refractivity contribution >= 4 is 28.3 Å². The van der Waals surface area contributed by atoms with Crippen LogP contribution in [0.5, 0.6) is 5.75 Å². The van der Waals surface area contributed by atoms with Crippen LogP contribution in [0.2, 0.25) is 0 Å². The van der Waals surface area contributed by atoms with E-state index < -0.39 is 18.5 Å².